The molecule has 9 heteroatoms. The molecule has 1 aliphatic rings. The van der Waals surface area contributed by atoms with Gasteiger partial charge in [-0.05, 0) is 24.6 Å². The van der Waals surface area contributed by atoms with Crippen molar-refractivity contribution < 1.29 is 28.8 Å². The molecule has 0 saturated carbocycles. The maximum Gasteiger partial charge on any atom is 0.337 e. The summed E-state index contributed by atoms with van der Waals surface area (Å²) in [6.07, 6.45) is 4.27. The van der Waals surface area contributed by atoms with Gasteiger partial charge in [-0.3, -0.25) is 14.9 Å². The van der Waals surface area contributed by atoms with Gasteiger partial charge in [0.25, 0.3) is 5.69 Å². The van der Waals surface area contributed by atoms with E-state index in [0.717, 1.165) is 0 Å². The summed E-state index contributed by atoms with van der Waals surface area (Å²) in [4.78, 5) is 50.9. The minimum atomic E-state index is -1.02. The smallest absolute Gasteiger partial charge is 0.337 e. The third-order valence-corrected chi connectivity index (χ3v) is 5.37. The third-order valence-electron chi connectivity index (χ3n) is 5.37. The number of nitro groups is 1. The van der Waals surface area contributed by atoms with Gasteiger partial charge in [0.15, 0.2) is 5.78 Å². The van der Waals surface area contributed by atoms with Crippen molar-refractivity contribution in [2.45, 2.75) is 12.8 Å². The molecule has 0 fully saturated rings. The Balaban J connectivity index is 2.21. The molecule has 3 rings (SSSR count). The number of methoxy groups -OCH3 is 1. The fourth-order valence-electron chi connectivity index (χ4n) is 3.79. The number of nitrogens with zero attached hydrogens (tertiary/aromatic N) is 2. The van der Waals surface area contributed by atoms with Crippen molar-refractivity contribution in [1.82, 2.24) is 4.90 Å². The Bertz CT molecular complexity index is 1250. The Morgan fingerprint density at radius 2 is 1.80 bits per heavy atom. The molecule has 1 unspecified atom stereocenters. The highest BCUT2D eigenvalue weighted by atomic mass is 16.6. The molecule has 0 radical (unpaired) electrons. The maximum absolute atomic E-state index is 13.2. The molecular formula is C26H24N2O7. The van der Waals surface area contributed by atoms with Crippen LogP contribution in [0, 0.1) is 10.1 Å². The SMILES string of the molecule is CCOC(=O)C1=C(/C=C/C(=O)c2ccccc2)N(C)C=C(C(=O)OC)C1c1cccc([N+](=O)[O-])c1. The summed E-state index contributed by atoms with van der Waals surface area (Å²) in [6.45, 7) is 1.70. The quantitative estimate of drug-likeness (QED) is 0.185. The molecule has 1 aliphatic heterocycles. The number of carbonyl (C=O) groups excluding carboxylic acids is 3. The van der Waals surface area contributed by atoms with Crippen molar-refractivity contribution in [1.29, 1.82) is 0 Å². The Kier molecular flexibility index (Phi) is 7.93. The number of hydrogen-bond donors (Lipinski definition) is 0. The van der Waals surface area contributed by atoms with Gasteiger partial charge in [-0.15, -0.1) is 0 Å². The molecule has 2 aromatic carbocycles. The summed E-state index contributed by atoms with van der Waals surface area (Å²) in [5, 5.41) is 11.4. The summed E-state index contributed by atoms with van der Waals surface area (Å²) < 4.78 is 10.2. The zero-order valence-electron chi connectivity index (χ0n) is 19.5. The second-order valence-electron chi connectivity index (χ2n) is 7.56. The molecule has 0 amide bonds. The van der Waals surface area contributed by atoms with E-state index in [1.165, 1.54) is 48.6 Å². The van der Waals surface area contributed by atoms with E-state index in [4.69, 9.17) is 9.47 Å². The average Bonchev–Trinajstić information content (AvgIpc) is 2.87. The minimum Gasteiger partial charge on any atom is -0.466 e. The molecule has 0 bridgehead atoms. The van der Waals surface area contributed by atoms with Crippen LogP contribution in [-0.4, -0.2) is 48.3 Å². The van der Waals surface area contributed by atoms with Crippen molar-refractivity contribution >= 4 is 23.4 Å². The number of likely N-dealkylation sites (N-methyl/N-ethyl adjacent to an activating group) is 1. The van der Waals surface area contributed by atoms with Crippen LogP contribution >= 0.6 is 0 Å². The number of hydrogen-bond acceptors (Lipinski definition) is 8. The number of benzene rings is 2. The van der Waals surface area contributed by atoms with Crippen LogP contribution in [0.3, 0.4) is 0 Å². The zero-order chi connectivity index (χ0) is 25.5. The normalized spacial score (nSPS) is 15.6. The molecule has 2 aromatic rings. The first-order chi connectivity index (χ1) is 16.8. The lowest BCUT2D eigenvalue weighted by Crippen LogP contribution is -2.31. The van der Waals surface area contributed by atoms with E-state index in [-0.39, 0.29) is 29.2 Å². The molecule has 0 aromatic heterocycles. The van der Waals surface area contributed by atoms with E-state index >= 15 is 0 Å². The van der Waals surface area contributed by atoms with E-state index in [1.54, 1.807) is 50.4 Å². The molecule has 1 heterocycles. The lowest BCUT2D eigenvalue weighted by atomic mass is 9.81. The highest BCUT2D eigenvalue weighted by Crippen LogP contribution is 2.40. The molecule has 180 valence electrons. The Labute approximate surface area is 202 Å². The largest absolute Gasteiger partial charge is 0.466 e. The van der Waals surface area contributed by atoms with Gasteiger partial charge in [-0.2, -0.15) is 0 Å². The van der Waals surface area contributed by atoms with Crippen LogP contribution in [0.25, 0.3) is 0 Å². The van der Waals surface area contributed by atoms with Crippen LogP contribution in [0.5, 0.6) is 0 Å². The van der Waals surface area contributed by atoms with Gasteiger partial charge in [0.1, 0.15) is 0 Å². The van der Waals surface area contributed by atoms with Crippen molar-refractivity contribution in [3.05, 3.63) is 111 Å². The number of non-ortho nitro benzene ring substituents is 1. The van der Waals surface area contributed by atoms with Gasteiger partial charge < -0.3 is 14.4 Å². The van der Waals surface area contributed by atoms with Crippen molar-refractivity contribution in [2.24, 2.45) is 0 Å². The summed E-state index contributed by atoms with van der Waals surface area (Å²) in [7, 11) is 2.81. The number of rotatable bonds is 8. The highest BCUT2D eigenvalue weighted by Gasteiger charge is 2.38. The van der Waals surface area contributed by atoms with Crippen LogP contribution in [0.1, 0.15) is 28.8 Å². The first kappa shape index (κ1) is 25.1. The fourth-order valence-corrected chi connectivity index (χ4v) is 3.79. The fraction of sp³-hybridized carbons (Fsp3) is 0.192. The second kappa shape index (κ2) is 11.1. The number of esters is 2. The molecule has 0 N–H and O–H groups in total. The molecule has 1 atom stereocenters. The van der Waals surface area contributed by atoms with E-state index in [2.05, 4.69) is 0 Å². The van der Waals surface area contributed by atoms with Crippen LogP contribution < -0.4 is 0 Å². The lowest BCUT2D eigenvalue weighted by Gasteiger charge is -2.32. The standard InChI is InChI=1S/C26H24N2O7/c1-4-35-26(31)24-21(13-14-22(29)17-9-6-5-7-10-17)27(2)16-20(25(30)34-3)23(24)18-11-8-12-19(15-18)28(32)33/h5-16,23H,4H2,1-3H3/b14-13+. The first-order valence-corrected chi connectivity index (χ1v) is 10.7. The molecule has 0 spiro atoms. The van der Waals surface area contributed by atoms with Crippen LogP contribution in [-0.2, 0) is 19.1 Å². The third kappa shape index (κ3) is 5.52. The molecule has 9 nitrogen and oxygen atoms in total. The average molecular weight is 476 g/mol. The van der Waals surface area contributed by atoms with Gasteiger partial charge in [0.05, 0.1) is 41.4 Å². The number of ketones is 1. The van der Waals surface area contributed by atoms with Crippen molar-refractivity contribution in [2.75, 3.05) is 20.8 Å². The van der Waals surface area contributed by atoms with Gasteiger partial charge >= 0.3 is 11.9 Å². The van der Waals surface area contributed by atoms with Gasteiger partial charge in [0, 0.05) is 30.9 Å². The molecular weight excluding hydrogens is 452 g/mol. The Morgan fingerprint density at radius 1 is 1.09 bits per heavy atom. The Morgan fingerprint density at radius 3 is 2.43 bits per heavy atom. The first-order valence-electron chi connectivity index (χ1n) is 10.7. The minimum absolute atomic E-state index is 0.0508. The Hall–Kier alpha value is -4.53. The maximum atomic E-state index is 13.2. The predicted molar refractivity (Wildman–Crippen MR) is 127 cm³/mol. The van der Waals surface area contributed by atoms with E-state index in [1.807, 2.05) is 0 Å². The lowest BCUT2D eigenvalue weighted by molar-refractivity contribution is -0.384. The predicted octanol–water partition coefficient (Wildman–Crippen LogP) is 3.94. The van der Waals surface area contributed by atoms with Crippen molar-refractivity contribution in [3.8, 4) is 0 Å². The van der Waals surface area contributed by atoms with Crippen molar-refractivity contribution in [3.63, 3.8) is 0 Å². The number of allylic oxidation sites excluding steroid dienone is 2. The van der Waals surface area contributed by atoms with Crippen LogP contribution in [0.15, 0.2) is 89.8 Å². The van der Waals surface area contributed by atoms with Gasteiger partial charge in [-0.1, -0.05) is 42.5 Å². The van der Waals surface area contributed by atoms with Crippen LogP contribution in [0.4, 0.5) is 5.69 Å². The summed E-state index contributed by atoms with van der Waals surface area (Å²) in [5.41, 5.74) is 1.02. The summed E-state index contributed by atoms with van der Waals surface area (Å²) in [6, 6.07) is 14.3. The number of nitro benzene ring substituents is 1. The molecule has 0 saturated heterocycles. The van der Waals surface area contributed by atoms with Gasteiger partial charge in [-0.25, -0.2) is 9.59 Å². The topological polar surface area (TPSA) is 116 Å². The summed E-state index contributed by atoms with van der Waals surface area (Å²) in [5.74, 6) is -2.75. The van der Waals surface area contributed by atoms with Crippen LogP contribution in [0.2, 0.25) is 0 Å². The van der Waals surface area contributed by atoms with E-state index in [0.29, 0.717) is 16.8 Å². The molecule has 0 aliphatic carbocycles. The second-order valence-corrected chi connectivity index (χ2v) is 7.56. The zero-order valence-corrected chi connectivity index (χ0v) is 19.5. The number of ether oxygens (including phenoxy) is 2. The van der Waals surface area contributed by atoms with Gasteiger partial charge in [0.2, 0.25) is 0 Å². The summed E-state index contributed by atoms with van der Waals surface area (Å²) >= 11 is 0. The monoisotopic (exact) mass is 476 g/mol. The van der Waals surface area contributed by atoms with E-state index in [9.17, 15) is 24.5 Å². The highest BCUT2D eigenvalue weighted by molar-refractivity contribution is 6.05. The van der Waals surface area contributed by atoms with E-state index < -0.39 is 22.8 Å². The number of carbonyl (C=O) groups is 3. The molecule has 35 heavy (non-hydrogen) atoms.